The number of aromatic nitrogens is 4. The molecule has 5 aromatic heterocycles. The van der Waals surface area contributed by atoms with Crippen LogP contribution in [0.25, 0.3) is 55.6 Å². The largest absolute Gasteiger partial charge is 0.439 e. The molecule has 43 heavy (non-hydrogen) atoms. The van der Waals surface area contributed by atoms with Gasteiger partial charge in [-0.15, -0.1) is 0 Å². The van der Waals surface area contributed by atoms with E-state index >= 15 is 0 Å². The summed E-state index contributed by atoms with van der Waals surface area (Å²) in [5, 5.41) is 0.780. The first kappa shape index (κ1) is 26.5. The maximum Gasteiger partial charge on any atom is 0.257 e. The number of aldehydes is 1. The second-order valence-corrected chi connectivity index (χ2v) is 12.3. The number of anilines is 1. The highest BCUT2D eigenvalue weighted by atomic mass is 32.2. The number of fused-ring (bicyclic) bond motifs is 6. The number of rotatable bonds is 5. The first-order valence-electron chi connectivity index (χ1n) is 13.1. The minimum Gasteiger partial charge on any atom is -0.439 e. The lowest BCUT2D eigenvalue weighted by atomic mass is 10.0. The van der Waals surface area contributed by atoms with E-state index in [4.69, 9.17) is 9.40 Å². The van der Waals surface area contributed by atoms with Gasteiger partial charge < -0.3 is 4.42 Å². The number of hydrogen-bond acceptors (Lipinski definition) is 7. The first-order chi connectivity index (χ1) is 20.5. The molecule has 0 aliphatic rings. The Kier molecular flexibility index (Phi) is 5.76. The van der Waals surface area contributed by atoms with Crippen LogP contribution in [0.2, 0.25) is 0 Å². The van der Waals surface area contributed by atoms with Gasteiger partial charge >= 0.3 is 0 Å². The van der Waals surface area contributed by atoms with E-state index < -0.39 is 10.0 Å². The number of hydrogen-bond donors (Lipinski definition) is 0. The zero-order valence-electron chi connectivity index (χ0n) is 23.1. The highest BCUT2D eigenvalue weighted by molar-refractivity contribution is 7.92. The minimum atomic E-state index is -3.75. The van der Waals surface area contributed by atoms with Crippen LogP contribution in [0, 0.1) is 12.7 Å². The van der Waals surface area contributed by atoms with Gasteiger partial charge in [0.05, 0.1) is 39.8 Å². The fourth-order valence-corrected chi connectivity index (χ4v) is 5.87. The molecule has 0 atom stereocenters. The topological polar surface area (TPSA) is 120 Å². The summed E-state index contributed by atoms with van der Waals surface area (Å²) in [4.78, 5) is 34.5. The SMILES string of the molecule is Cc1ccn(-c2oc3cc(N(C)S(C)(=O)=O)c(-c4ccc5ncn6c7cccc(F)c7cc6c5n4)cc3c2C=O)c(=O)c1. The van der Waals surface area contributed by atoms with Gasteiger partial charge in [0.25, 0.3) is 5.56 Å². The Morgan fingerprint density at radius 1 is 1.02 bits per heavy atom. The summed E-state index contributed by atoms with van der Waals surface area (Å²) in [6, 6.07) is 16.2. The lowest BCUT2D eigenvalue weighted by molar-refractivity contribution is 0.112. The fraction of sp³-hybridized carbons (Fsp3) is 0.0968. The standard InChI is InChI=1S/C31H22FN5O5S/c1-17-9-10-36(29(39)11-17)31-21(15-38)18-12-20(26(14-28(18)42-31)35(2)43(3,40)41)23-7-8-24-30(34-23)27-13-19-22(32)5-4-6-25(19)37(27)16-33-24/h4-16H,1-3H3. The van der Waals surface area contributed by atoms with Gasteiger partial charge in [-0.2, -0.15) is 0 Å². The maximum absolute atomic E-state index is 14.6. The molecule has 0 unspecified atom stereocenters. The summed E-state index contributed by atoms with van der Waals surface area (Å²) in [6.07, 6.45) is 4.78. The maximum atomic E-state index is 14.6. The van der Waals surface area contributed by atoms with Gasteiger partial charge in [0.1, 0.15) is 23.2 Å². The van der Waals surface area contributed by atoms with Crippen LogP contribution in [0.15, 0.2) is 82.4 Å². The van der Waals surface area contributed by atoms with Crippen LogP contribution in [0.1, 0.15) is 15.9 Å². The van der Waals surface area contributed by atoms with Crippen LogP contribution in [0.3, 0.4) is 0 Å². The Hall–Kier alpha value is -5.36. The Morgan fingerprint density at radius 2 is 1.84 bits per heavy atom. The Balaban J connectivity index is 1.53. The van der Waals surface area contributed by atoms with Crippen molar-refractivity contribution in [3.8, 4) is 17.1 Å². The Bertz CT molecular complexity index is 2480. The zero-order chi connectivity index (χ0) is 30.2. The number of pyridine rings is 2. The number of benzene rings is 2. The molecule has 0 fully saturated rings. The van der Waals surface area contributed by atoms with Crippen molar-refractivity contribution in [3.05, 3.63) is 100 Å². The molecule has 7 aromatic rings. The number of sulfonamides is 1. The number of furan rings is 1. The summed E-state index contributed by atoms with van der Waals surface area (Å²) in [7, 11) is -2.34. The molecule has 12 heteroatoms. The lowest BCUT2D eigenvalue weighted by Gasteiger charge is -2.20. The molecular formula is C31H22FN5O5S. The van der Waals surface area contributed by atoms with E-state index in [-0.39, 0.29) is 34.1 Å². The van der Waals surface area contributed by atoms with Crippen LogP contribution in [-0.4, -0.2) is 46.9 Å². The quantitative estimate of drug-likeness (QED) is 0.249. The molecule has 0 saturated carbocycles. The molecule has 0 bridgehead atoms. The molecule has 214 valence electrons. The molecule has 0 saturated heterocycles. The number of aryl methyl sites for hydroxylation is 1. The highest BCUT2D eigenvalue weighted by Crippen LogP contribution is 2.39. The predicted molar refractivity (Wildman–Crippen MR) is 162 cm³/mol. The minimum absolute atomic E-state index is 0.0133. The molecule has 7 rings (SSSR count). The highest BCUT2D eigenvalue weighted by Gasteiger charge is 2.24. The van der Waals surface area contributed by atoms with Crippen molar-refractivity contribution in [1.82, 2.24) is 18.9 Å². The molecule has 10 nitrogen and oxygen atoms in total. The third-order valence-electron chi connectivity index (χ3n) is 7.61. The average molecular weight is 596 g/mol. The smallest absolute Gasteiger partial charge is 0.257 e. The van der Waals surface area contributed by atoms with Crippen LogP contribution in [0.4, 0.5) is 10.1 Å². The second-order valence-electron chi connectivity index (χ2n) is 10.3. The summed E-state index contributed by atoms with van der Waals surface area (Å²) in [5.41, 5.74) is 3.95. The number of halogens is 1. The normalized spacial score (nSPS) is 12.1. The molecule has 0 spiro atoms. The van der Waals surface area contributed by atoms with Crippen molar-refractivity contribution in [2.24, 2.45) is 0 Å². The van der Waals surface area contributed by atoms with Gasteiger partial charge in [-0.05, 0) is 55.0 Å². The van der Waals surface area contributed by atoms with E-state index in [2.05, 4.69) is 4.98 Å². The van der Waals surface area contributed by atoms with E-state index in [1.807, 2.05) is 0 Å². The first-order valence-corrected chi connectivity index (χ1v) is 14.9. The van der Waals surface area contributed by atoms with Gasteiger partial charge in [-0.3, -0.25) is 22.9 Å². The van der Waals surface area contributed by atoms with Crippen molar-refractivity contribution in [2.45, 2.75) is 6.92 Å². The molecule has 0 aliphatic carbocycles. The molecule has 2 aromatic carbocycles. The summed E-state index contributed by atoms with van der Waals surface area (Å²) >= 11 is 0. The summed E-state index contributed by atoms with van der Waals surface area (Å²) in [6.45, 7) is 1.78. The van der Waals surface area contributed by atoms with Gasteiger partial charge in [-0.25, -0.2) is 22.8 Å². The molecule has 0 aliphatic heterocycles. The van der Waals surface area contributed by atoms with Crippen molar-refractivity contribution in [2.75, 3.05) is 17.6 Å². The average Bonchev–Trinajstić information content (AvgIpc) is 3.54. The molecule has 0 radical (unpaired) electrons. The molecule has 0 N–H and O–H groups in total. The van der Waals surface area contributed by atoms with Crippen LogP contribution < -0.4 is 9.86 Å². The number of carbonyl (C=O) groups is 1. The lowest BCUT2D eigenvalue weighted by Crippen LogP contribution is -2.25. The van der Waals surface area contributed by atoms with Crippen molar-refractivity contribution >= 4 is 60.4 Å². The van der Waals surface area contributed by atoms with Crippen molar-refractivity contribution in [1.29, 1.82) is 0 Å². The van der Waals surface area contributed by atoms with Crippen LogP contribution in [0.5, 0.6) is 0 Å². The fourth-order valence-electron chi connectivity index (χ4n) is 5.36. The van der Waals surface area contributed by atoms with Crippen molar-refractivity contribution in [3.63, 3.8) is 0 Å². The van der Waals surface area contributed by atoms with Crippen molar-refractivity contribution < 1.29 is 22.0 Å². The Labute approximate surface area is 243 Å². The summed E-state index contributed by atoms with van der Waals surface area (Å²) < 4.78 is 50.1. The Morgan fingerprint density at radius 3 is 2.58 bits per heavy atom. The van der Waals surface area contributed by atoms with E-state index in [0.717, 1.165) is 16.1 Å². The van der Waals surface area contributed by atoms with Gasteiger partial charge in [0.15, 0.2) is 6.29 Å². The molecule has 5 heterocycles. The third-order valence-corrected chi connectivity index (χ3v) is 8.80. The van der Waals surface area contributed by atoms with E-state index in [1.165, 1.54) is 36.0 Å². The third kappa shape index (κ3) is 4.09. The monoisotopic (exact) mass is 595 g/mol. The summed E-state index contributed by atoms with van der Waals surface area (Å²) in [5.74, 6) is -0.364. The zero-order valence-corrected chi connectivity index (χ0v) is 23.9. The second kappa shape index (κ2) is 9.33. The van der Waals surface area contributed by atoms with E-state index in [9.17, 15) is 22.4 Å². The van der Waals surface area contributed by atoms with Gasteiger partial charge in [-0.1, -0.05) is 6.07 Å². The number of carbonyl (C=O) groups excluding carboxylic acids is 1. The van der Waals surface area contributed by atoms with Gasteiger partial charge in [0.2, 0.25) is 15.9 Å². The van der Waals surface area contributed by atoms with E-state index in [1.54, 1.807) is 60.1 Å². The molecular weight excluding hydrogens is 573 g/mol. The van der Waals surface area contributed by atoms with Crippen LogP contribution in [-0.2, 0) is 10.0 Å². The van der Waals surface area contributed by atoms with E-state index in [0.29, 0.717) is 50.4 Å². The predicted octanol–water partition coefficient (Wildman–Crippen LogP) is 5.26. The number of nitrogens with zero attached hydrogens (tertiary/aromatic N) is 5. The molecule has 0 amide bonds. The van der Waals surface area contributed by atoms with Gasteiger partial charge in [0, 0.05) is 41.7 Å². The van der Waals surface area contributed by atoms with Crippen LogP contribution >= 0.6 is 0 Å².